The van der Waals surface area contributed by atoms with Crippen LogP contribution in [-0.4, -0.2) is 26.9 Å². The van der Waals surface area contributed by atoms with Gasteiger partial charge in [0, 0.05) is 12.1 Å². The summed E-state index contributed by atoms with van der Waals surface area (Å²) >= 11 is 0. The van der Waals surface area contributed by atoms with E-state index in [0.29, 0.717) is 35.4 Å². The lowest BCUT2D eigenvalue weighted by molar-refractivity contribution is 0.0679. The first-order valence-electron chi connectivity index (χ1n) is 11.4. The standard InChI is InChI=1S/C28H29N3O2/c1-4-18-30(27(32)23-16-14-20(2)15-17-23)21(3)26-29-25-13-9-8-12-24(25)28(33)31(26)19-22-10-6-5-7-11-22/h5-17,21H,4,18-19H2,1-3H3. The Bertz CT molecular complexity index is 1310. The smallest absolute Gasteiger partial charge is 0.261 e. The van der Waals surface area contributed by atoms with Gasteiger partial charge in [-0.1, -0.05) is 67.1 Å². The highest BCUT2D eigenvalue weighted by molar-refractivity contribution is 5.94. The van der Waals surface area contributed by atoms with E-state index in [1.807, 2.05) is 105 Å². The number of amides is 1. The maximum atomic E-state index is 13.5. The molecule has 1 heterocycles. The van der Waals surface area contributed by atoms with Gasteiger partial charge in [0.15, 0.2) is 0 Å². The molecule has 0 aliphatic rings. The molecule has 0 bridgehead atoms. The number of hydrogen-bond acceptors (Lipinski definition) is 3. The van der Waals surface area contributed by atoms with Gasteiger partial charge in [0.25, 0.3) is 11.5 Å². The lowest BCUT2D eigenvalue weighted by Gasteiger charge is -2.30. The van der Waals surface area contributed by atoms with E-state index < -0.39 is 0 Å². The van der Waals surface area contributed by atoms with Gasteiger partial charge in [0.05, 0.1) is 23.5 Å². The highest BCUT2D eigenvalue weighted by Gasteiger charge is 2.26. The molecule has 0 N–H and O–H groups in total. The van der Waals surface area contributed by atoms with E-state index >= 15 is 0 Å². The van der Waals surface area contributed by atoms with E-state index in [4.69, 9.17) is 4.98 Å². The van der Waals surface area contributed by atoms with Gasteiger partial charge in [0.2, 0.25) is 0 Å². The van der Waals surface area contributed by atoms with E-state index in [1.54, 1.807) is 4.57 Å². The molecule has 0 aliphatic heterocycles. The van der Waals surface area contributed by atoms with Crippen molar-refractivity contribution in [3.05, 3.63) is 112 Å². The first-order chi connectivity index (χ1) is 16.0. The normalized spacial score (nSPS) is 12.0. The molecule has 0 radical (unpaired) electrons. The van der Waals surface area contributed by atoms with Crippen molar-refractivity contribution in [2.45, 2.75) is 39.8 Å². The average molecular weight is 440 g/mol. The summed E-state index contributed by atoms with van der Waals surface area (Å²) in [5.74, 6) is 0.537. The second-order valence-corrected chi connectivity index (χ2v) is 8.40. The first-order valence-corrected chi connectivity index (χ1v) is 11.4. The van der Waals surface area contributed by atoms with Crippen LogP contribution in [0.1, 0.15) is 53.6 Å². The number of fused-ring (bicyclic) bond motifs is 1. The lowest BCUT2D eigenvalue weighted by Crippen LogP contribution is -2.38. The Morgan fingerprint density at radius 3 is 2.33 bits per heavy atom. The zero-order chi connectivity index (χ0) is 23.4. The Morgan fingerprint density at radius 1 is 0.970 bits per heavy atom. The minimum atomic E-state index is -0.375. The van der Waals surface area contributed by atoms with Crippen LogP contribution in [0.25, 0.3) is 10.9 Å². The van der Waals surface area contributed by atoms with Crippen LogP contribution in [0.3, 0.4) is 0 Å². The zero-order valence-corrected chi connectivity index (χ0v) is 19.4. The summed E-state index contributed by atoms with van der Waals surface area (Å²) in [6, 6.07) is 24.5. The van der Waals surface area contributed by atoms with Crippen LogP contribution in [-0.2, 0) is 6.54 Å². The van der Waals surface area contributed by atoms with Crippen LogP contribution >= 0.6 is 0 Å². The third-order valence-electron chi connectivity index (χ3n) is 5.94. The molecule has 168 valence electrons. The summed E-state index contributed by atoms with van der Waals surface area (Å²) in [6.07, 6.45) is 0.804. The van der Waals surface area contributed by atoms with E-state index in [2.05, 4.69) is 0 Å². The molecular formula is C28H29N3O2. The van der Waals surface area contributed by atoms with Gasteiger partial charge < -0.3 is 4.90 Å². The number of carbonyl (C=O) groups excluding carboxylic acids is 1. The fourth-order valence-corrected chi connectivity index (χ4v) is 4.14. The molecular weight excluding hydrogens is 410 g/mol. The van der Waals surface area contributed by atoms with Gasteiger partial charge >= 0.3 is 0 Å². The number of hydrogen-bond donors (Lipinski definition) is 0. The van der Waals surface area contributed by atoms with Crippen LogP contribution in [0.5, 0.6) is 0 Å². The van der Waals surface area contributed by atoms with Gasteiger partial charge in [-0.15, -0.1) is 0 Å². The molecule has 4 aromatic rings. The van der Waals surface area contributed by atoms with E-state index in [1.165, 1.54) is 0 Å². The highest BCUT2D eigenvalue weighted by atomic mass is 16.2. The molecule has 33 heavy (non-hydrogen) atoms. The largest absolute Gasteiger partial charge is 0.329 e. The summed E-state index contributed by atoms with van der Waals surface area (Å²) in [6.45, 7) is 6.98. The first kappa shape index (κ1) is 22.5. The molecule has 0 fully saturated rings. The number of carbonyl (C=O) groups is 1. The quantitative estimate of drug-likeness (QED) is 0.389. The van der Waals surface area contributed by atoms with Crippen molar-refractivity contribution < 1.29 is 4.79 Å². The number of para-hydroxylation sites is 1. The SMILES string of the molecule is CCCN(C(=O)c1ccc(C)cc1)C(C)c1nc2ccccc2c(=O)n1Cc1ccccc1. The Balaban J connectivity index is 1.83. The van der Waals surface area contributed by atoms with Gasteiger partial charge in [-0.3, -0.25) is 14.2 Å². The fraction of sp³-hybridized carbons (Fsp3) is 0.250. The molecule has 5 heteroatoms. The maximum Gasteiger partial charge on any atom is 0.261 e. The maximum absolute atomic E-state index is 13.5. The Kier molecular flexibility index (Phi) is 6.68. The molecule has 1 amide bonds. The number of aromatic nitrogens is 2. The lowest BCUT2D eigenvalue weighted by atomic mass is 10.1. The Labute approximate surface area is 194 Å². The molecule has 5 nitrogen and oxygen atoms in total. The van der Waals surface area contributed by atoms with Crippen molar-refractivity contribution in [2.75, 3.05) is 6.54 Å². The molecule has 1 aromatic heterocycles. The molecule has 0 spiro atoms. The molecule has 1 atom stereocenters. The van der Waals surface area contributed by atoms with Crippen molar-refractivity contribution in [1.29, 1.82) is 0 Å². The molecule has 0 aliphatic carbocycles. The van der Waals surface area contributed by atoms with Gasteiger partial charge in [0.1, 0.15) is 5.82 Å². The minimum Gasteiger partial charge on any atom is -0.329 e. The van der Waals surface area contributed by atoms with Gasteiger partial charge in [-0.05, 0) is 50.1 Å². The predicted molar refractivity (Wildman–Crippen MR) is 132 cm³/mol. The van der Waals surface area contributed by atoms with E-state index in [0.717, 1.165) is 17.5 Å². The van der Waals surface area contributed by atoms with Crippen LogP contribution in [0.2, 0.25) is 0 Å². The summed E-state index contributed by atoms with van der Waals surface area (Å²) in [5.41, 5.74) is 3.31. The van der Waals surface area contributed by atoms with Crippen LogP contribution < -0.4 is 5.56 Å². The molecule has 4 rings (SSSR count). The van der Waals surface area contributed by atoms with Crippen LogP contribution in [0.15, 0.2) is 83.7 Å². The Hall–Kier alpha value is -3.73. The van der Waals surface area contributed by atoms with Gasteiger partial charge in [-0.25, -0.2) is 4.98 Å². The fourth-order valence-electron chi connectivity index (χ4n) is 4.14. The van der Waals surface area contributed by atoms with Crippen LogP contribution in [0.4, 0.5) is 0 Å². The number of rotatable bonds is 7. The summed E-state index contributed by atoms with van der Waals surface area (Å²) in [4.78, 5) is 33.7. The topological polar surface area (TPSA) is 55.2 Å². The molecule has 0 saturated heterocycles. The number of benzene rings is 3. The summed E-state index contributed by atoms with van der Waals surface area (Å²) < 4.78 is 1.72. The van der Waals surface area contributed by atoms with Crippen molar-refractivity contribution in [3.63, 3.8) is 0 Å². The summed E-state index contributed by atoms with van der Waals surface area (Å²) in [5, 5.41) is 0.580. The summed E-state index contributed by atoms with van der Waals surface area (Å²) in [7, 11) is 0. The second-order valence-electron chi connectivity index (χ2n) is 8.40. The third kappa shape index (κ3) is 4.72. The molecule has 1 unspecified atom stereocenters. The number of aryl methyl sites for hydroxylation is 1. The second kappa shape index (κ2) is 9.82. The van der Waals surface area contributed by atoms with Crippen molar-refractivity contribution in [1.82, 2.24) is 14.5 Å². The van der Waals surface area contributed by atoms with Crippen molar-refractivity contribution in [2.24, 2.45) is 0 Å². The minimum absolute atomic E-state index is 0.0574. The molecule has 0 saturated carbocycles. The van der Waals surface area contributed by atoms with Crippen molar-refractivity contribution in [3.8, 4) is 0 Å². The average Bonchev–Trinajstić information content (AvgIpc) is 2.84. The van der Waals surface area contributed by atoms with E-state index in [9.17, 15) is 9.59 Å². The van der Waals surface area contributed by atoms with Crippen molar-refractivity contribution >= 4 is 16.8 Å². The molecule has 3 aromatic carbocycles. The van der Waals surface area contributed by atoms with E-state index in [-0.39, 0.29) is 17.5 Å². The third-order valence-corrected chi connectivity index (χ3v) is 5.94. The highest BCUT2D eigenvalue weighted by Crippen LogP contribution is 2.23. The monoisotopic (exact) mass is 439 g/mol. The number of nitrogens with zero attached hydrogens (tertiary/aromatic N) is 3. The van der Waals surface area contributed by atoms with Gasteiger partial charge in [-0.2, -0.15) is 0 Å². The Morgan fingerprint density at radius 2 is 1.64 bits per heavy atom. The van der Waals surface area contributed by atoms with Crippen LogP contribution in [0, 0.1) is 6.92 Å². The predicted octanol–water partition coefficient (Wildman–Crippen LogP) is 5.37. The zero-order valence-electron chi connectivity index (χ0n) is 19.4.